The molecule has 2 fully saturated rings. The van der Waals surface area contributed by atoms with Crippen LogP contribution in [0, 0.1) is 0 Å². The lowest BCUT2D eigenvalue weighted by Gasteiger charge is -2.22. The fourth-order valence-electron chi connectivity index (χ4n) is 2.80. The Kier molecular flexibility index (Phi) is 3.95. The van der Waals surface area contributed by atoms with Gasteiger partial charge in [0, 0.05) is 19.3 Å². The summed E-state index contributed by atoms with van der Waals surface area (Å²) in [5, 5.41) is 7.60. The highest BCUT2D eigenvalue weighted by atomic mass is 32.2. The average molecular weight is 299 g/mol. The van der Waals surface area contributed by atoms with Gasteiger partial charge >= 0.3 is 10.2 Å². The van der Waals surface area contributed by atoms with Gasteiger partial charge in [-0.05, 0) is 38.8 Å². The fraction of sp³-hybridized carbons (Fsp3) is 0.750. The van der Waals surface area contributed by atoms with Gasteiger partial charge in [0.05, 0.1) is 17.9 Å². The van der Waals surface area contributed by atoms with Gasteiger partial charge in [0.25, 0.3) is 0 Å². The Morgan fingerprint density at radius 2 is 1.95 bits per heavy atom. The molecule has 0 bridgehead atoms. The molecule has 1 aromatic heterocycles. The van der Waals surface area contributed by atoms with Crippen LogP contribution in [0.25, 0.3) is 0 Å². The van der Waals surface area contributed by atoms with E-state index >= 15 is 0 Å². The summed E-state index contributed by atoms with van der Waals surface area (Å²) in [6, 6.07) is 0.362. The third kappa shape index (κ3) is 2.97. The van der Waals surface area contributed by atoms with Crippen molar-refractivity contribution in [2.75, 3.05) is 30.9 Å². The van der Waals surface area contributed by atoms with E-state index in [2.05, 4.69) is 15.1 Å². The van der Waals surface area contributed by atoms with E-state index < -0.39 is 10.2 Å². The molecule has 2 aliphatic heterocycles. The summed E-state index contributed by atoms with van der Waals surface area (Å²) >= 11 is 0. The van der Waals surface area contributed by atoms with Crippen LogP contribution >= 0.6 is 0 Å². The van der Waals surface area contributed by atoms with Crippen LogP contribution in [0.5, 0.6) is 0 Å². The molecular weight excluding hydrogens is 278 g/mol. The molecule has 0 unspecified atom stereocenters. The van der Waals surface area contributed by atoms with Crippen molar-refractivity contribution in [2.24, 2.45) is 0 Å². The maximum absolute atomic E-state index is 12.2. The average Bonchev–Trinajstić information content (AvgIpc) is 3.10. The predicted octanol–water partition coefficient (Wildman–Crippen LogP) is 0.560. The minimum Gasteiger partial charge on any atom is -0.317 e. The highest BCUT2D eigenvalue weighted by Gasteiger charge is 2.25. The van der Waals surface area contributed by atoms with Crippen LogP contribution in [-0.4, -0.2) is 48.7 Å². The van der Waals surface area contributed by atoms with Crippen molar-refractivity contribution in [1.82, 2.24) is 19.4 Å². The zero-order valence-electron chi connectivity index (χ0n) is 11.5. The quantitative estimate of drug-likeness (QED) is 0.851. The lowest BCUT2D eigenvalue weighted by atomic mass is 10.1. The molecule has 0 amide bonds. The fourth-order valence-corrected chi connectivity index (χ4v) is 4.07. The number of aromatic nitrogens is 2. The molecule has 2 aliphatic rings. The highest BCUT2D eigenvalue weighted by molar-refractivity contribution is 7.90. The summed E-state index contributed by atoms with van der Waals surface area (Å²) in [7, 11) is -3.41. The van der Waals surface area contributed by atoms with Gasteiger partial charge in [-0.25, -0.2) is 0 Å². The van der Waals surface area contributed by atoms with Gasteiger partial charge in [-0.3, -0.25) is 9.40 Å². The number of anilines is 1. The van der Waals surface area contributed by atoms with Crippen LogP contribution in [0.3, 0.4) is 0 Å². The largest absolute Gasteiger partial charge is 0.317 e. The van der Waals surface area contributed by atoms with E-state index in [0.717, 1.165) is 38.8 Å². The van der Waals surface area contributed by atoms with Crippen LogP contribution < -0.4 is 10.0 Å². The third-order valence-corrected chi connectivity index (χ3v) is 5.47. The summed E-state index contributed by atoms with van der Waals surface area (Å²) in [5.41, 5.74) is 0.551. The summed E-state index contributed by atoms with van der Waals surface area (Å²) in [5.74, 6) is 0. The third-order valence-electron chi connectivity index (χ3n) is 3.94. The first-order chi connectivity index (χ1) is 9.65. The SMILES string of the molecule is O=S(=O)(Nc1cnn(C2CCNCC2)c1)N1CCCC1. The van der Waals surface area contributed by atoms with Gasteiger partial charge in [0.2, 0.25) is 0 Å². The smallest absolute Gasteiger partial charge is 0.301 e. The van der Waals surface area contributed by atoms with Gasteiger partial charge in [-0.15, -0.1) is 0 Å². The normalized spacial score (nSPS) is 22.2. The molecule has 3 heterocycles. The number of hydrogen-bond acceptors (Lipinski definition) is 4. The van der Waals surface area contributed by atoms with E-state index in [9.17, 15) is 8.42 Å². The molecule has 0 atom stereocenters. The van der Waals surface area contributed by atoms with Crippen LogP contribution in [0.2, 0.25) is 0 Å². The molecule has 0 saturated carbocycles. The van der Waals surface area contributed by atoms with E-state index in [1.165, 1.54) is 4.31 Å². The van der Waals surface area contributed by atoms with Crippen molar-refractivity contribution >= 4 is 15.9 Å². The second kappa shape index (κ2) is 5.71. The molecule has 8 heteroatoms. The van der Waals surface area contributed by atoms with Crippen LogP contribution in [0.1, 0.15) is 31.7 Å². The van der Waals surface area contributed by atoms with Crippen molar-refractivity contribution in [3.63, 3.8) is 0 Å². The lowest BCUT2D eigenvalue weighted by Crippen LogP contribution is -2.33. The van der Waals surface area contributed by atoms with Crippen LogP contribution in [0.4, 0.5) is 5.69 Å². The number of hydrogen-bond donors (Lipinski definition) is 2. The van der Waals surface area contributed by atoms with Crippen LogP contribution in [0.15, 0.2) is 12.4 Å². The molecule has 0 spiro atoms. The zero-order chi connectivity index (χ0) is 14.0. The van der Waals surface area contributed by atoms with E-state index in [-0.39, 0.29) is 0 Å². The Bertz CT molecular complexity index is 544. The number of piperidine rings is 1. The second-order valence-electron chi connectivity index (χ2n) is 5.40. The molecule has 0 aliphatic carbocycles. The van der Waals surface area contributed by atoms with Gasteiger partial charge in [0.1, 0.15) is 0 Å². The molecule has 20 heavy (non-hydrogen) atoms. The van der Waals surface area contributed by atoms with Gasteiger partial charge in [-0.1, -0.05) is 0 Å². The summed E-state index contributed by atoms with van der Waals surface area (Å²) in [4.78, 5) is 0. The molecular formula is C12H21N5O2S. The Hall–Kier alpha value is -1.12. The summed E-state index contributed by atoms with van der Waals surface area (Å²) < 4.78 is 30.3. The van der Waals surface area contributed by atoms with E-state index in [1.807, 2.05) is 4.68 Å². The topological polar surface area (TPSA) is 79.3 Å². The second-order valence-corrected chi connectivity index (χ2v) is 7.07. The maximum Gasteiger partial charge on any atom is 0.301 e. The van der Waals surface area contributed by atoms with Crippen molar-refractivity contribution in [3.8, 4) is 0 Å². The molecule has 2 N–H and O–H groups in total. The lowest BCUT2D eigenvalue weighted by molar-refractivity contribution is 0.343. The van der Waals surface area contributed by atoms with Crippen molar-refractivity contribution in [2.45, 2.75) is 31.7 Å². The number of nitrogens with one attached hydrogen (secondary N) is 2. The minimum absolute atomic E-state index is 0.362. The Morgan fingerprint density at radius 3 is 2.65 bits per heavy atom. The zero-order valence-corrected chi connectivity index (χ0v) is 12.3. The van der Waals surface area contributed by atoms with Crippen molar-refractivity contribution < 1.29 is 8.42 Å². The van der Waals surface area contributed by atoms with Crippen LogP contribution in [-0.2, 0) is 10.2 Å². The molecule has 1 aromatic rings. The Labute approximate surface area is 119 Å². The summed E-state index contributed by atoms with van der Waals surface area (Å²) in [6.45, 7) is 3.19. The van der Waals surface area contributed by atoms with E-state index in [4.69, 9.17) is 0 Å². The monoisotopic (exact) mass is 299 g/mol. The first kappa shape index (κ1) is 13.8. The Morgan fingerprint density at radius 1 is 1.25 bits per heavy atom. The van der Waals surface area contributed by atoms with Crippen molar-refractivity contribution in [1.29, 1.82) is 0 Å². The molecule has 0 radical (unpaired) electrons. The maximum atomic E-state index is 12.2. The minimum atomic E-state index is -3.41. The predicted molar refractivity (Wildman–Crippen MR) is 76.7 cm³/mol. The van der Waals surface area contributed by atoms with E-state index in [0.29, 0.717) is 24.8 Å². The first-order valence-corrected chi connectivity index (χ1v) is 8.62. The molecule has 3 rings (SSSR count). The van der Waals surface area contributed by atoms with E-state index in [1.54, 1.807) is 12.4 Å². The number of rotatable bonds is 4. The van der Waals surface area contributed by atoms with Gasteiger partial charge in [0.15, 0.2) is 0 Å². The van der Waals surface area contributed by atoms with Gasteiger partial charge in [-0.2, -0.15) is 17.8 Å². The Balaban J connectivity index is 1.67. The first-order valence-electron chi connectivity index (χ1n) is 7.18. The molecule has 0 aromatic carbocycles. The van der Waals surface area contributed by atoms with Gasteiger partial charge < -0.3 is 5.32 Å². The molecule has 2 saturated heterocycles. The summed E-state index contributed by atoms with van der Waals surface area (Å²) in [6.07, 6.45) is 7.32. The standard InChI is InChI=1S/C12H21N5O2S/c18-20(19,16-7-1-2-8-16)15-11-9-14-17(10-11)12-3-5-13-6-4-12/h9-10,12-13,15H,1-8H2. The van der Waals surface area contributed by atoms with Crippen molar-refractivity contribution in [3.05, 3.63) is 12.4 Å². The molecule has 112 valence electrons. The number of nitrogens with zero attached hydrogens (tertiary/aromatic N) is 3. The molecule has 7 nitrogen and oxygen atoms in total. The highest BCUT2D eigenvalue weighted by Crippen LogP contribution is 2.21.